The minimum Gasteiger partial charge on any atom is -0.459 e. The maximum Gasteiger partial charge on any atom is 0.309 e. The van der Waals surface area contributed by atoms with Crippen molar-refractivity contribution >= 4 is 5.97 Å². The Morgan fingerprint density at radius 2 is 1.95 bits per heavy atom. The minimum absolute atomic E-state index is 0.0428. The van der Waals surface area contributed by atoms with Gasteiger partial charge in [-0.1, -0.05) is 26.2 Å². The molecule has 0 amide bonds. The van der Waals surface area contributed by atoms with Crippen molar-refractivity contribution in [2.24, 2.45) is 17.8 Å². The van der Waals surface area contributed by atoms with Crippen molar-refractivity contribution in [3.05, 3.63) is 0 Å². The van der Waals surface area contributed by atoms with Crippen LogP contribution in [0.15, 0.2) is 0 Å². The summed E-state index contributed by atoms with van der Waals surface area (Å²) < 4.78 is 19.4. The molecule has 0 N–H and O–H groups in total. The number of carbonyl (C=O) groups excluding carboxylic acids is 1. The summed E-state index contributed by atoms with van der Waals surface area (Å²) in [7, 11) is 0. The van der Waals surface area contributed by atoms with Crippen molar-refractivity contribution in [3.63, 3.8) is 0 Å². The zero-order valence-electron chi connectivity index (χ0n) is 13.6. The van der Waals surface area contributed by atoms with Gasteiger partial charge < -0.3 is 4.74 Å². The normalized spacial score (nSPS) is 35.6. The third kappa shape index (κ3) is 4.69. The summed E-state index contributed by atoms with van der Waals surface area (Å²) in [6, 6.07) is 2.11. The van der Waals surface area contributed by atoms with E-state index in [0.717, 1.165) is 31.6 Å². The van der Waals surface area contributed by atoms with Gasteiger partial charge in [0.15, 0.2) is 0 Å². The van der Waals surface area contributed by atoms with Crippen LogP contribution in [0.5, 0.6) is 0 Å². The second kappa shape index (κ2) is 8.50. The Kier molecular flexibility index (Phi) is 6.67. The van der Waals surface area contributed by atoms with Crippen LogP contribution < -0.4 is 0 Å². The van der Waals surface area contributed by atoms with Crippen LogP contribution in [0.25, 0.3) is 0 Å². The standard InChI is InChI=1S/C18H28FNO2/c1-2-3-4-13-5-8-15(9-6-13)18(21)22-17-10-7-14(12-20)11-16(17)19/h13-17H,2-11H2,1H3. The zero-order chi connectivity index (χ0) is 15.9. The van der Waals surface area contributed by atoms with E-state index in [4.69, 9.17) is 10.00 Å². The summed E-state index contributed by atoms with van der Waals surface area (Å²) in [4.78, 5) is 12.2. The van der Waals surface area contributed by atoms with Crippen molar-refractivity contribution in [1.29, 1.82) is 5.26 Å². The fourth-order valence-electron chi connectivity index (χ4n) is 3.76. The molecule has 0 radical (unpaired) electrons. The van der Waals surface area contributed by atoms with Gasteiger partial charge in [0.05, 0.1) is 12.0 Å². The number of rotatable bonds is 5. The average Bonchev–Trinajstić information content (AvgIpc) is 2.55. The molecule has 2 rings (SSSR count). The Morgan fingerprint density at radius 3 is 2.55 bits per heavy atom. The largest absolute Gasteiger partial charge is 0.459 e. The number of carbonyl (C=O) groups is 1. The number of halogens is 1. The fourth-order valence-corrected chi connectivity index (χ4v) is 3.76. The van der Waals surface area contributed by atoms with E-state index in [-0.39, 0.29) is 24.2 Å². The van der Waals surface area contributed by atoms with Crippen molar-refractivity contribution in [3.8, 4) is 6.07 Å². The third-order valence-electron chi connectivity index (χ3n) is 5.31. The van der Waals surface area contributed by atoms with Crippen molar-refractivity contribution < 1.29 is 13.9 Å². The molecule has 3 atom stereocenters. The van der Waals surface area contributed by atoms with E-state index in [9.17, 15) is 9.18 Å². The Balaban J connectivity index is 1.73. The summed E-state index contributed by atoms with van der Waals surface area (Å²) in [6.45, 7) is 2.21. The maximum atomic E-state index is 14.0. The van der Waals surface area contributed by atoms with Gasteiger partial charge in [0.2, 0.25) is 0 Å². The van der Waals surface area contributed by atoms with Crippen molar-refractivity contribution in [1.82, 2.24) is 0 Å². The minimum atomic E-state index is -1.18. The zero-order valence-corrected chi connectivity index (χ0v) is 13.6. The van der Waals surface area contributed by atoms with Gasteiger partial charge in [-0.05, 0) is 50.9 Å². The van der Waals surface area contributed by atoms with Gasteiger partial charge in [0, 0.05) is 5.92 Å². The monoisotopic (exact) mass is 309 g/mol. The summed E-state index contributed by atoms with van der Waals surface area (Å²) in [5.74, 6) is 0.277. The predicted molar refractivity (Wildman–Crippen MR) is 82.7 cm³/mol. The SMILES string of the molecule is CCCCC1CCC(C(=O)OC2CCC(C#N)CC2F)CC1. The van der Waals surface area contributed by atoms with E-state index in [2.05, 4.69) is 13.0 Å². The highest BCUT2D eigenvalue weighted by molar-refractivity contribution is 5.72. The van der Waals surface area contributed by atoms with Crippen LogP contribution in [-0.4, -0.2) is 18.2 Å². The first-order chi connectivity index (χ1) is 10.6. The number of ether oxygens (including phenoxy) is 1. The first-order valence-electron chi connectivity index (χ1n) is 8.88. The van der Waals surface area contributed by atoms with E-state index in [1.807, 2.05) is 0 Å². The van der Waals surface area contributed by atoms with Crippen molar-refractivity contribution in [2.75, 3.05) is 0 Å². The first-order valence-corrected chi connectivity index (χ1v) is 8.88. The van der Waals surface area contributed by atoms with Crippen LogP contribution in [0.4, 0.5) is 4.39 Å². The van der Waals surface area contributed by atoms with Crippen LogP contribution >= 0.6 is 0 Å². The average molecular weight is 309 g/mol. The molecular formula is C18H28FNO2. The second-order valence-corrected chi connectivity index (χ2v) is 6.99. The summed E-state index contributed by atoms with van der Waals surface area (Å²) >= 11 is 0. The molecule has 0 aromatic carbocycles. The number of alkyl halides is 1. The molecule has 0 aromatic heterocycles. The van der Waals surface area contributed by atoms with Gasteiger partial charge in [0.1, 0.15) is 12.3 Å². The molecule has 22 heavy (non-hydrogen) atoms. The predicted octanol–water partition coefficient (Wildman–Crippen LogP) is 4.56. The second-order valence-electron chi connectivity index (χ2n) is 6.99. The maximum absolute atomic E-state index is 14.0. The van der Waals surface area contributed by atoms with Gasteiger partial charge in [-0.2, -0.15) is 5.26 Å². The van der Waals surface area contributed by atoms with Crippen LogP contribution in [0.1, 0.15) is 71.1 Å². The van der Waals surface area contributed by atoms with Crippen LogP contribution in [0.3, 0.4) is 0 Å². The van der Waals surface area contributed by atoms with Crippen molar-refractivity contribution in [2.45, 2.75) is 83.4 Å². The quantitative estimate of drug-likeness (QED) is 0.700. The number of hydrogen-bond donors (Lipinski definition) is 0. The molecule has 0 aromatic rings. The van der Waals surface area contributed by atoms with Gasteiger partial charge >= 0.3 is 5.97 Å². The lowest BCUT2D eigenvalue weighted by molar-refractivity contribution is -0.161. The van der Waals surface area contributed by atoms with E-state index < -0.39 is 12.3 Å². The molecule has 2 aliphatic carbocycles. The Hall–Kier alpha value is -1.11. The number of esters is 1. The molecule has 3 nitrogen and oxygen atoms in total. The fraction of sp³-hybridized carbons (Fsp3) is 0.889. The smallest absolute Gasteiger partial charge is 0.309 e. The lowest BCUT2D eigenvalue weighted by Gasteiger charge is -2.31. The van der Waals surface area contributed by atoms with Crippen LogP contribution in [-0.2, 0) is 9.53 Å². The van der Waals surface area contributed by atoms with Gasteiger partial charge in [-0.25, -0.2) is 4.39 Å². The molecule has 2 fully saturated rings. The molecule has 2 aliphatic rings. The molecular weight excluding hydrogens is 281 g/mol. The lowest BCUT2D eigenvalue weighted by Crippen LogP contribution is -2.36. The molecule has 124 valence electrons. The molecule has 0 heterocycles. The van der Waals surface area contributed by atoms with Gasteiger partial charge in [-0.3, -0.25) is 4.79 Å². The van der Waals surface area contributed by atoms with E-state index in [1.54, 1.807) is 0 Å². The first kappa shape index (κ1) is 17.2. The molecule has 0 saturated heterocycles. The highest BCUT2D eigenvalue weighted by Gasteiger charge is 2.35. The number of nitrogens with zero attached hydrogens (tertiary/aromatic N) is 1. The molecule has 0 spiro atoms. The van der Waals surface area contributed by atoms with E-state index >= 15 is 0 Å². The van der Waals surface area contributed by atoms with Gasteiger partial charge in [0.25, 0.3) is 0 Å². The molecule has 3 unspecified atom stereocenters. The highest BCUT2D eigenvalue weighted by Crippen LogP contribution is 2.34. The summed E-state index contributed by atoms with van der Waals surface area (Å²) in [5.41, 5.74) is 0. The number of nitriles is 1. The molecule has 4 heteroatoms. The Labute approximate surface area is 133 Å². The Bertz CT molecular complexity index is 398. The highest BCUT2D eigenvalue weighted by atomic mass is 19.1. The topological polar surface area (TPSA) is 50.1 Å². The Morgan fingerprint density at radius 1 is 1.23 bits per heavy atom. The van der Waals surface area contributed by atoms with E-state index in [1.165, 1.54) is 19.3 Å². The number of unbranched alkanes of at least 4 members (excludes halogenated alkanes) is 1. The van der Waals surface area contributed by atoms with E-state index in [0.29, 0.717) is 12.8 Å². The molecule has 0 aliphatic heterocycles. The number of hydrogen-bond acceptors (Lipinski definition) is 3. The molecule has 2 saturated carbocycles. The summed E-state index contributed by atoms with van der Waals surface area (Å²) in [6.07, 6.45) is 7.25. The lowest BCUT2D eigenvalue weighted by atomic mass is 9.80. The van der Waals surface area contributed by atoms with Crippen LogP contribution in [0.2, 0.25) is 0 Å². The van der Waals surface area contributed by atoms with Crippen LogP contribution in [0, 0.1) is 29.1 Å². The third-order valence-corrected chi connectivity index (χ3v) is 5.31. The van der Waals surface area contributed by atoms with Gasteiger partial charge in [-0.15, -0.1) is 0 Å². The molecule has 0 bridgehead atoms. The summed E-state index contributed by atoms with van der Waals surface area (Å²) in [5, 5.41) is 8.84.